The molecule has 2 heterocycles. The topological polar surface area (TPSA) is 43.3 Å². The number of rotatable bonds is 1. The van der Waals surface area contributed by atoms with Gasteiger partial charge in [-0.25, -0.2) is 4.98 Å². The Balaban J connectivity index is 2.27. The number of fused-ring (bicyclic) bond motifs is 1. The van der Waals surface area contributed by atoms with E-state index in [1.54, 1.807) is 4.40 Å². The van der Waals surface area contributed by atoms with Gasteiger partial charge in [0.05, 0.1) is 5.02 Å². The van der Waals surface area contributed by atoms with E-state index >= 15 is 0 Å². The van der Waals surface area contributed by atoms with Gasteiger partial charge in [-0.3, -0.25) is 4.40 Å². The van der Waals surface area contributed by atoms with E-state index in [9.17, 15) is 0 Å². The fraction of sp³-hybridized carbons (Fsp3) is 0.0714. The molecule has 0 aliphatic rings. The molecule has 0 radical (unpaired) electrons. The lowest BCUT2D eigenvalue weighted by Gasteiger charge is -2.00. The van der Waals surface area contributed by atoms with E-state index in [1.165, 1.54) is 5.56 Å². The van der Waals surface area contributed by atoms with E-state index in [0.29, 0.717) is 16.5 Å². The number of hydrogen-bond acceptors (Lipinski definition) is 2. The van der Waals surface area contributed by atoms with Crippen molar-refractivity contribution in [1.29, 1.82) is 0 Å². The van der Waals surface area contributed by atoms with Gasteiger partial charge in [-0.1, -0.05) is 41.4 Å². The lowest BCUT2D eigenvalue weighted by Crippen LogP contribution is -1.93. The van der Waals surface area contributed by atoms with Crippen LogP contribution in [0, 0.1) is 6.92 Å². The number of anilines is 1. The maximum atomic E-state index is 6.12. The molecule has 0 unspecified atom stereocenters. The third kappa shape index (κ3) is 1.64. The molecule has 1 aromatic carbocycles. The van der Waals surface area contributed by atoms with Crippen LogP contribution < -0.4 is 5.73 Å². The number of nitrogens with two attached hydrogens (primary N) is 1. The second kappa shape index (κ2) is 4.03. The fourth-order valence-electron chi connectivity index (χ4n) is 1.98. The fourth-order valence-corrected chi connectivity index (χ4v) is 2.18. The number of nitrogens with zero attached hydrogens (tertiary/aromatic N) is 2. The van der Waals surface area contributed by atoms with Crippen LogP contribution in [0.25, 0.3) is 16.9 Å². The third-order valence-corrected chi connectivity index (χ3v) is 3.26. The first-order valence-electron chi connectivity index (χ1n) is 5.66. The number of benzene rings is 1. The molecule has 0 amide bonds. The van der Waals surface area contributed by atoms with E-state index in [0.717, 1.165) is 11.3 Å². The molecule has 0 saturated heterocycles. The molecule has 0 aliphatic carbocycles. The Labute approximate surface area is 110 Å². The van der Waals surface area contributed by atoms with Crippen molar-refractivity contribution in [3.05, 3.63) is 53.2 Å². The molecule has 0 saturated carbocycles. The van der Waals surface area contributed by atoms with E-state index in [1.807, 2.05) is 49.5 Å². The lowest BCUT2D eigenvalue weighted by atomic mass is 10.1. The van der Waals surface area contributed by atoms with Gasteiger partial charge in [0.2, 0.25) is 0 Å². The Morgan fingerprint density at radius 2 is 1.89 bits per heavy atom. The van der Waals surface area contributed by atoms with Crippen molar-refractivity contribution >= 4 is 23.1 Å². The molecule has 3 aromatic rings. The second-order valence-corrected chi connectivity index (χ2v) is 4.67. The first-order chi connectivity index (χ1) is 8.66. The molecule has 18 heavy (non-hydrogen) atoms. The molecule has 3 nitrogen and oxygen atoms in total. The van der Waals surface area contributed by atoms with Crippen LogP contribution in [0.5, 0.6) is 0 Å². The zero-order valence-corrected chi connectivity index (χ0v) is 10.6. The first-order valence-corrected chi connectivity index (χ1v) is 6.03. The molecule has 0 bridgehead atoms. The van der Waals surface area contributed by atoms with Crippen molar-refractivity contribution < 1.29 is 0 Å². The van der Waals surface area contributed by atoms with Gasteiger partial charge >= 0.3 is 0 Å². The highest BCUT2D eigenvalue weighted by atomic mass is 35.5. The molecule has 0 spiro atoms. The van der Waals surface area contributed by atoms with Crippen LogP contribution in [0.1, 0.15) is 5.56 Å². The van der Waals surface area contributed by atoms with Crippen molar-refractivity contribution in [3.63, 3.8) is 0 Å². The van der Waals surface area contributed by atoms with Crippen molar-refractivity contribution in [2.24, 2.45) is 0 Å². The highest BCUT2D eigenvalue weighted by Gasteiger charge is 2.12. The van der Waals surface area contributed by atoms with Crippen LogP contribution in [0.15, 0.2) is 42.6 Å². The average Bonchev–Trinajstić information content (AvgIpc) is 2.70. The standard InChI is InChI=1S/C14H12ClN3/c1-9-4-6-10(7-5-9)12-13(16)18-8-2-3-11(15)14(18)17-12/h2-8H,16H2,1H3. The predicted molar refractivity (Wildman–Crippen MR) is 74.8 cm³/mol. The first kappa shape index (κ1) is 11.1. The van der Waals surface area contributed by atoms with E-state index in [-0.39, 0.29) is 0 Å². The van der Waals surface area contributed by atoms with Crippen LogP contribution >= 0.6 is 11.6 Å². The minimum Gasteiger partial charge on any atom is -0.383 e. The van der Waals surface area contributed by atoms with Crippen LogP contribution in [-0.2, 0) is 0 Å². The van der Waals surface area contributed by atoms with Crippen LogP contribution in [0.3, 0.4) is 0 Å². The van der Waals surface area contributed by atoms with Crippen LogP contribution in [0.4, 0.5) is 5.82 Å². The van der Waals surface area contributed by atoms with Gasteiger partial charge in [0, 0.05) is 11.8 Å². The zero-order valence-electron chi connectivity index (χ0n) is 9.89. The average molecular weight is 258 g/mol. The molecular formula is C14H12ClN3. The molecule has 2 aromatic heterocycles. The molecule has 2 N–H and O–H groups in total. The zero-order chi connectivity index (χ0) is 12.7. The van der Waals surface area contributed by atoms with Crippen molar-refractivity contribution in [3.8, 4) is 11.3 Å². The van der Waals surface area contributed by atoms with Crippen LogP contribution in [0.2, 0.25) is 5.02 Å². The Morgan fingerprint density at radius 3 is 2.56 bits per heavy atom. The molecule has 4 heteroatoms. The van der Waals surface area contributed by atoms with Gasteiger partial charge in [0.25, 0.3) is 0 Å². The monoisotopic (exact) mass is 257 g/mol. The Bertz CT molecular complexity index is 714. The Morgan fingerprint density at radius 1 is 1.17 bits per heavy atom. The van der Waals surface area contributed by atoms with Crippen molar-refractivity contribution in [2.75, 3.05) is 5.73 Å². The van der Waals surface area contributed by atoms with Gasteiger partial charge < -0.3 is 5.73 Å². The molecule has 0 atom stereocenters. The quantitative estimate of drug-likeness (QED) is 0.725. The maximum Gasteiger partial charge on any atom is 0.157 e. The van der Waals surface area contributed by atoms with Gasteiger partial charge in [0.15, 0.2) is 5.65 Å². The van der Waals surface area contributed by atoms with Gasteiger partial charge in [-0.05, 0) is 19.1 Å². The Hall–Kier alpha value is -2.00. The van der Waals surface area contributed by atoms with Crippen LogP contribution in [-0.4, -0.2) is 9.38 Å². The van der Waals surface area contributed by atoms with Gasteiger partial charge in [-0.15, -0.1) is 0 Å². The number of nitrogen functional groups attached to an aromatic ring is 1. The summed E-state index contributed by atoms with van der Waals surface area (Å²) in [6.45, 7) is 2.05. The third-order valence-electron chi connectivity index (χ3n) is 2.96. The highest BCUT2D eigenvalue weighted by molar-refractivity contribution is 6.33. The van der Waals surface area contributed by atoms with E-state index in [2.05, 4.69) is 4.98 Å². The maximum absolute atomic E-state index is 6.12. The number of aromatic nitrogens is 2. The predicted octanol–water partition coefficient (Wildman–Crippen LogP) is 3.55. The number of halogens is 1. The van der Waals surface area contributed by atoms with E-state index < -0.39 is 0 Å². The summed E-state index contributed by atoms with van der Waals surface area (Å²) in [4.78, 5) is 4.52. The summed E-state index contributed by atoms with van der Waals surface area (Å²) in [5, 5.41) is 0.600. The van der Waals surface area contributed by atoms with Crippen molar-refractivity contribution in [2.45, 2.75) is 6.92 Å². The van der Waals surface area contributed by atoms with Crippen molar-refractivity contribution in [1.82, 2.24) is 9.38 Å². The number of hydrogen-bond donors (Lipinski definition) is 1. The summed E-state index contributed by atoms with van der Waals surface area (Å²) in [6.07, 6.45) is 1.86. The minimum absolute atomic E-state index is 0.600. The summed E-state index contributed by atoms with van der Waals surface area (Å²) < 4.78 is 1.80. The second-order valence-electron chi connectivity index (χ2n) is 4.26. The summed E-state index contributed by atoms with van der Waals surface area (Å²) in [7, 11) is 0. The molecule has 90 valence electrons. The van der Waals surface area contributed by atoms with Gasteiger partial charge in [0.1, 0.15) is 11.5 Å². The summed E-state index contributed by atoms with van der Waals surface area (Å²) in [5.41, 5.74) is 9.78. The number of imidazole rings is 1. The molecular weight excluding hydrogens is 246 g/mol. The highest BCUT2D eigenvalue weighted by Crippen LogP contribution is 2.29. The number of pyridine rings is 1. The summed E-state index contributed by atoms with van der Waals surface area (Å²) in [5.74, 6) is 0.608. The molecule has 0 aliphatic heterocycles. The normalized spacial score (nSPS) is 11.0. The lowest BCUT2D eigenvalue weighted by molar-refractivity contribution is 1.20. The molecule has 0 fully saturated rings. The SMILES string of the molecule is Cc1ccc(-c2nc3c(Cl)cccn3c2N)cc1. The smallest absolute Gasteiger partial charge is 0.157 e. The summed E-state index contributed by atoms with van der Waals surface area (Å²) in [6, 6.07) is 11.8. The Kier molecular flexibility index (Phi) is 2.49. The summed E-state index contributed by atoms with van der Waals surface area (Å²) >= 11 is 6.12. The largest absolute Gasteiger partial charge is 0.383 e. The van der Waals surface area contributed by atoms with Gasteiger partial charge in [-0.2, -0.15) is 0 Å². The molecule has 3 rings (SSSR count). The number of aryl methyl sites for hydroxylation is 1. The van der Waals surface area contributed by atoms with E-state index in [4.69, 9.17) is 17.3 Å². The minimum atomic E-state index is 0.600.